The summed E-state index contributed by atoms with van der Waals surface area (Å²) in [7, 11) is 0. The highest BCUT2D eigenvalue weighted by molar-refractivity contribution is 6.30. The van der Waals surface area contributed by atoms with Crippen LogP contribution >= 0.6 is 11.6 Å². The Morgan fingerprint density at radius 1 is 1.26 bits per heavy atom. The van der Waals surface area contributed by atoms with E-state index < -0.39 is 0 Å². The first-order valence-electron chi connectivity index (χ1n) is 8.28. The Hall–Kier alpha value is -1.81. The highest BCUT2D eigenvalue weighted by Crippen LogP contribution is 2.39. The Morgan fingerprint density at radius 2 is 2.04 bits per heavy atom. The van der Waals surface area contributed by atoms with Gasteiger partial charge in [0.15, 0.2) is 0 Å². The number of H-pyrrole nitrogens is 1. The largest absolute Gasteiger partial charge is 0.337 e. The normalized spacial score (nSPS) is 20.9. The number of amides is 1. The number of benzene rings is 1. The molecule has 5 heteroatoms. The number of carbonyl (C=O) groups is 1. The summed E-state index contributed by atoms with van der Waals surface area (Å²) in [5, 5.41) is 7.99. The first-order valence-corrected chi connectivity index (χ1v) is 8.66. The van der Waals surface area contributed by atoms with E-state index in [0.29, 0.717) is 17.5 Å². The molecule has 120 valence electrons. The van der Waals surface area contributed by atoms with Crippen LogP contribution in [0.15, 0.2) is 30.3 Å². The van der Waals surface area contributed by atoms with Crippen molar-refractivity contribution in [3.05, 3.63) is 52.3 Å². The number of aromatic nitrogens is 2. The zero-order valence-electron chi connectivity index (χ0n) is 13.0. The monoisotopic (exact) mass is 329 g/mol. The lowest BCUT2D eigenvalue weighted by Crippen LogP contribution is -2.29. The minimum absolute atomic E-state index is 0.0618. The summed E-state index contributed by atoms with van der Waals surface area (Å²) in [5.74, 6) is 1.18. The van der Waals surface area contributed by atoms with E-state index in [-0.39, 0.29) is 5.91 Å². The molecule has 4 rings (SSSR count). The topological polar surface area (TPSA) is 49.0 Å². The number of halogens is 1. The maximum absolute atomic E-state index is 12.6. The Labute approximate surface area is 140 Å². The number of hydrogen-bond donors (Lipinski definition) is 1. The molecule has 0 bridgehead atoms. The SMILES string of the molecule is O=C(c1cc(C2CC2)[nH]n1)N1CCC(Cc2ccc(Cl)cc2)C1. The number of nitrogens with one attached hydrogen (secondary N) is 1. The highest BCUT2D eigenvalue weighted by Gasteiger charge is 2.30. The van der Waals surface area contributed by atoms with Crippen molar-refractivity contribution < 1.29 is 4.79 Å². The van der Waals surface area contributed by atoms with E-state index >= 15 is 0 Å². The van der Waals surface area contributed by atoms with E-state index in [1.165, 1.54) is 18.4 Å². The average molecular weight is 330 g/mol. The van der Waals surface area contributed by atoms with Crippen LogP contribution in [-0.2, 0) is 6.42 Å². The summed E-state index contributed by atoms with van der Waals surface area (Å²) >= 11 is 5.93. The number of likely N-dealkylation sites (tertiary alicyclic amines) is 1. The third kappa shape index (κ3) is 3.27. The summed E-state index contributed by atoms with van der Waals surface area (Å²) in [6.07, 6.45) is 4.47. The van der Waals surface area contributed by atoms with E-state index in [4.69, 9.17) is 11.6 Å². The van der Waals surface area contributed by atoms with Gasteiger partial charge in [-0.05, 0) is 55.4 Å². The lowest BCUT2D eigenvalue weighted by molar-refractivity contribution is 0.0781. The van der Waals surface area contributed by atoms with Gasteiger partial charge in [0.25, 0.3) is 5.91 Å². The fourth-order valence-electron chi connectivity index (χ4n) is 3.35. The van der Waals surface area contributed by atoms with Gasteiger partial charge in [-0.3, -0.25) is 9.89 Å². The van der Waals surface area contributed by atoms with Crippen molar-refractivity contribution in [2.45, 2.75) is 31.6 Å². The predicted octanol–water partition coefficient (Wildman–Crippen LogP) is 3.65. The minimum Gasteiger partial charge on any atom is -0.337 e. The highest BCUT2D eigenvalue weighted by atomic mass is 35.5. The van der Waals surface area contributed by atoms with Crippen LogP contribution in [0, 0.1) is 5.92 Å². The van der Waals surface area contributed by atoms with Crippen molar-refractivity contribution in [1.82, 2.24) is 15.1 Å². The molecule has 1 aromatic carbocycles. The molecule has 1 saturated carbocycles. The van der Waals surface area contributed by atoms with E-state index in [1.54, 1.807) is 0 Å². The molecule has 0 radical (unpaired) electrons. The van der Waals surface area contributed by atoms with Crippen molar-refractivity contribution >= 4 is 17.5 Å². The summed E-state index contributed by atoms with van der Waals surface area (Å²) < 4.78 is 0. The van der Waals surface area contributed by atoms with E-state index in [9.17, 15) is 4.79 Å². The average Bonchev–Trinajstić information content (AvgIpc) is 3.11. The molecule has 2 heterocycles. The van der Waals surface area contributed by atoms with E-state index in [1.807, 2.05) is 23.1 Å². The van der Waals surface area contributed by atoms with Gasteiger partial charge in [0.05, 0.1) is 0 Å². The van der Waals surface area contributed by atoms with Crippen LogP contribution in [0.5, 0.6) is 0 Å². The smallest absolute Gasteiger partial charge is 0.274 e. The van der Waals surface area contributed by atoms with Gasteiger partial charge >= 0.3 is 0 Å². The summed E-state index contributed by atoms with van der Waals surface area (Å²) in [5.41, 5.74) is 2.97. The lowest BCUT2D eigenvalue weighted by Gasteiger charge is -2.15. The standard InChI is InChI=1S/C18H20ClN3O/c19-15-5-1-12(2-6-15)9-13-7-8-22(11-13)18(23)17-10-16(20-21-17)14-3-4-14/h1-2,5-6,10,13-14H,3-4,7-9,11H2,(H,20,21). The lowest BCUT2D eigenvalue weighted by atomic mass is 9.99. The molecule has 1 unspecified atom stereocenters. The predicted molar refractivity (Wildman–Crippen MR) is 89.7 cm³/mol. The van der Waals surface area contributed by atoms with Crippen LogP contribution in [-0.4, -0.2) is 34.1 Å². The molecule has 2 aromatic rings. The third-order valence-electron chi connectivity index (χ3n) is 4.84. The number of carbonyl (C=O) groups excluding carboxylic acids is 1. The number of nitrogens with zero attached hydrogens (tertiary/aromatic N) is 2. The molecule has 1 saturated heterocycles. The second kappa shape index (κ2) is 6.00. The van der Waals surface area contributed by atoms with Crippen molar-refractivity contribution in [3.8, 4) is 0 Å². The summed E-state index contributed by atoms with van der Waals surface area (Å²) in [4.78, 5) is 14.5. The van der Waals surface area contributed by atoms with Crippen LogP contribution in [0.1, 0.15) is 46.9 Å². The van der Waals surface area contributed by atoms with E-state index in [0.717, 1.165) is 36.6 Å². The van der Waals surface area contributed by atoms with E-state index in [2.05, 4.69) is 22.3 Å². The van der Waals surface area contributed by atoms with Gasteiger partial charge in [-0.25, -0.2) is 0 Å². The number of hydrogen-bond acceptors (Lipinski definition) is 2. The summed E-state index contributed by atoms with van der Waals surface area (Å²) in [6.45, 7) is 1.63. The second-order valence-corrected chi connectivity index (χ2v) is 7.16. The van der Waals surface area contributed by atoms with Crippen LogP contribution in [0.25, 0.3) is 0 Å². The maximum Gasteiger partial charge on any atom is 0.274 e. The van der Waals surface area contributed by atoms with Crippen molar-refractivity contribution in [2.75, 3.05) is 13.1 Å². The third-order valence-corrected chi connectivity index (χ3v) is 5.10. The van der Waals surface area contributed by atoms with Crippen LogP contribution in [0.3, 0.4) is 0 Å². The molecule has 0 spiro atoms. The molecule has 1 amide bonds. The fraction of sp³-hybridized carbons (Fsp3) is 0.444. The van der Waals surface area contributed by atoms with Crippen molar-refractivity contribution in [1.29, 1.82) is 0 Å². The Morgan fingerprint density at radius 3 is 2.78 bits per heavy atom. The molecular formula is C18H20ClN3O. The fourth-order valence-corrected chi connectivity index (χ4v) is 3.48. The number of rotatable bonds is 4. The van der Waals surface area contributed by atoms with Crippen molar-refractivity contribution in [3.63, 3.8) is 0 Å². The van der Waals surface area contributed by atoms with Gasteiger partial charge in [-0.1, -0.05) is 23.7 Å². The van der Waals surface area contributed by atoms with Gasteiger partial charge in [0.1, 0.15) is 5.69 Å². The zero-order chi connectivity index (χ0) is 15.8. The molecule has 1 aromatic heterocycles. The van der Waals surface area contributed by atoms with Gasteiger partial charge in [-0.15, -0.1) is 0 Å². The minimum atomic E-state index is 0.0618. The maximum atomic E-state index is 12.6. The molecule has 23 heavy (non-hydrogen) atoms. The second-order valence-electron chi connectivity index (χ2n) is 6.72. The zero-order valence-corrected chi connectivity index (χ0v) is 13.7. The molecule has 2 fully saturated rings. The summed E-state index contributed by atoms with van der Waals surface area (Å²) in [6, 6.07) is 9.94. The first-order chi connectivity index (χ1) is 11.2. The van der Waals surface area contributed by atoms with Crippen LogP contribution in [0.4, 0.5) is 0 Å². The molecule has 1 aliphatic heterocycles. The quantitative estimate of drug-likeness (QED) is 0.930. The Bertz CT molecular complexity index is 705. The molecule has 1 N–H and O–H groups in total. The van der Waals surface area contributed by atoms with Gasteiger partial charge in [-0.2, -0.15) is 5.10 Å². The van der Waals surface area contributed by atoms with Crippen LogP contribution < -0.4 is 0 Å². The van der Waals surface area contributed by atoms with Crippen LogP contribution in [0.2, 0.25) is 5.02 Å². The van der Waals surface area contributed by atoms with Gasteiger partial charge < -0.3 is 4.90 Å². The number of aromatic amines is 1. The molecule has 1 atom stereocenters. The van der Waals surface area contributed by atoms with Crippen molar-refractivity contribution in [2.24, 2.45) is 5.92 Å². The Kier molecular flexibility index (Phi) is 3.85. The van der Waals surface area contributed by atoms with Gasteiger partial charge in [0, 0.05) is 29.7 Å². The first kappa shape index (κ1) is 14.8. The molecule has 2 aliphatic rings. The molecular weight excluding hydrogens is 310 g/mol. The molecule has 4 nitrogen and oxygen atoms in total. The van der Waals surface area contributed by atoms with Gasteiger partial charge in [0.2, 0.25) is 0 Å². The Balaban J connectivity index is 1.37. The molecule has 1 aliphatic carbocycles.